The van der Waals surface area contributed by atoms with E-state index in [9.17, 15) is 4.57 Å². The van der Waals surface area contributed by atoms with Gasteiger partial charge in [-0.3, -0.25) is 13.6 Å². The van der Waals surface area contributed by atoms with E-state index in [1.165, 1.54) is 0 Å². The lowest BCUT2D eigenvalue weighted by Crippen LogP contribution is -2.02. The SMILES string of the molecule is C.CCCOP(=O)(OCCC)OCCC. The van der Waals surface area contributed by atoms with Crippen molar-refractivity contribution >= 4 is 7.82 Å². The summed E-state index contributed by atoms with van der Waals surface area (Å²) in [6.45, 7) is 7.07. The maximum absolute atomic E-state index is 11.8. The van der Waals surface area contributed by atoms with Gasteiger partial charge in [0, 0.05) is 0 Å². The van der Waals surface area contributed by atoms with Crippen LogP contribution in [0.2, 0.25) is 0 Å². The molecule has 0 fully saturated rings. The van der Waals surface area contributed by atoms with Crippen molar-refractivity contribution in [2.45, 2.75) is 47.5 Å². The molecule has 0 aliphatic carbocycles. The van der Waals surface area contributed by atoms with E-state index in [1.807, 2.05) is 20.8 Å². The first-order chi connectivity index (χ1) is 6.68. The third-order valence-electron chi connectivity index (χ3n) is 1.36. The third-order valence-corrected chi connectivity index (χ3v) is 2.86. The molecule has 0 aromatic heterocycles. The van der Waals surface area contributed by atoms with Crippen LogP contribution in [0.3, 0.4) is 0 Å². The molecule has 0 saturated carbocycles. The van der Waals surface area contributed by atoms with Crippen LogP contribution in [-0.2, 0) is 18.1 Å². The van der Waals surface area contributed by atoms with Crippen molar-refractivity contribution in [1.29, 1.82) is 0 Å². The van der Waals surface area contributed by atoms with Crippen LogP contribution in [0.4, 0.5) is 0 Å². The fourth-order valence-electron chi connectivity index (χ4n) is 0.721. The largest absolute Gasteiger partial charge is 0.474 e. The van der Waals surface area contributed by atoms with Gasteiger partial charge in [-0.2, -0.15) is 0 Å². The van der Waals surface area contributed by atoms with Crippen molar-refractivity contribution in [2.24, 2.45) is 0 Å². The van der Waals surface area contributed by atoms with Crippen LogP contribution < -0.4 is 0 Å². The lowest BCUT2D eigenvalue weighted by atomic mass is 10.5. The highest BCUT2D eigenvalue weighted by atomic mass is 31.2. The van der Waals surface area contributed by atoms with Gasteiger partial charge in [0.2, 0.25) is 0 Å². The summed E-state index contributed by atoms with van der Waals surface area (Å²) >= 11 is 0. The van der Waals surface area contributed by atoms with Crippen LogP contribution in [0.1, 0.15) is 47.5 Å². The normalized spacial score (nSPS) is 11.1. The summed E-state index contributed by atoms with van der Waals surface area (Å²) < 4.78 is 27.1. The van der Waals surface area contributed by atoms with E-state index in [2.05, 4.69) is 0 Å². The Morgan fingerprint density at radius 3 is 1.27 bits per heavy atom. The molecule has 0 radical (unpaired) electrons. The van der Waals surface area contributed by atoms with E-state index < -0.39 is 7.82 Å². The number of hydrogen-bond donors (Lipinski definition) is 0. The van der Waals surface area contributed by atoms with E-state index >= 15 is 0 Å². The smallest absolute Gasteiger partial charge is 0.287 e. The molecule has 0 aliphatic rings. The molecule has 0 unspecified atom stereocenters. The van der Waals surface area contributed by atoms with Crippen LogP contribution in [-0.4, -0.2) is 19.8 Å². The summed E-state index contributed by atoms with van der Waals surface area (Å²) in [5, 5.41) is 0. The van der Waals surface area contributed by atoms with E-state index in [1.54, 1.807) is 0 Å². The molecule has 0 N–H and O–H groups in total. The first-order valence-corrected chi connectivity index (χ1v) is 6.68. The molecular formula is C10H25O4P. The molecule has 0 aliphatic heterocycles. The van der Waals surface area contributed by atoms with Crippen molar-refractivity contribution in [3.05, 3.63) is 0 Å². The second-order valence-electron chi connectivity index (χ2n) is 2.95. The zero-order chi connectivity index (χ0) is 10.9. The Morgan fingerprint density at radius 1 is 0.800 bits per heavy atom. The minimum absolute atomic E-state index is 0. The van der Waals surface area contributed by atoms with E-state index in [0.29, 0.717) is 19.8 Å². The van der Waals surface area contributed by atoms with Crippen LogP contribution in [0, 0.1) is 0 Å². The van der Waals surface area contributed by atoms with Gasteiger partial charge in [-0.25, -0.2) is 4.57 Å². The number of phosphoric acid groups is 1. The number of hydrogen-bond acceptors (Lipinski definition) is 4. The fraction of sp³-hybridized carbons (Fsp3) is 1.00. The van der Waals surface area contributed by atoms with Crippen LogP contribution in [0.25, 0.3) is 0 Å². The first-order valence-electron chi connectivity index (χ1n) is 5.22. The molecule has 0 rings (SSSR count). The van der Waals surface area contributed by atoms with Crippen molar-refractivity contribution in [3.8, 4) is 0 Å². The summed E-state index contributed by atoms with van der Waals surface area (Å²) in [7, 11) is -3.27. The lowest BCUT2D eigenvalue weighted by Gasteiger charge is -2.16. The zero-order valence-corrected chi connectivity index (χ0v) is 10.2. The predicted molar refractivity (Wildman–Crippen MR) is 63.1 cm³/mol. The van der Waals surface area contributed by atoms with Gasteiger partial charge in [-0.05, 0) is 19.3 Å². The minimum Gasteiger partial charge on any atom is -0.287 e. The fourth-order valence-corrected chi connectivity index (χ4v) is 2.16. The van der Waals surface area contributed by atoms with Crippen molar-refractivity contribution in [3.63, 3.8) is 0 Å². The molecular weight excluding hydrogens is 215 g/mol. The molecule has 0 amide bonds. The van der Waals surface area contributed by atoms with Crippen molar-refractivity contribution in [1.82, 2.24) is 0 Å². The summed E-state index contributed by atoms with van der Waals surface area (Å²) in [4.78, 5) is 0. The van der Waals surface area contributed by atoms with Gasteiger partial charge in [0.25, 0.3) is 0 Å². The molecule has 0 spiro atoms. The Balaban J connectivity index is 0. The Bertz CT molecular complexity index is 144. The summed E-state index contributed by atoms with van der Waals surface area (Å²) in [5.41, 5.74) is 0. The van der Waals surface area contributed by atoms with Gasteiger partial charge in [0.1, 0.15) is 0 Å². The van der Waals surface area contributed by atoms with Gasteiger partial charge in [-0.1, -0.05) is 28.2 Å². The highest BCUT2D eigenvalue weighted by Gasteiger charge is 2.25. The molecule has 4 nitrogen and oxygen atoms in total. The second kappa shape index (κ2) is 10.6. The Hall–Kier alpha value is 0.110. The number of phosphoric ester groups is 1. The van der Waals surface area contributed by atoms with Gasteiger partial charge in [-0.15, -0.1) is 0 Å². The molecule has 0 aromatic rings. The van der Waals surface area contributed by atoms with Crippen molar-refractivity contribution < 1.29 is 18.1 Å². The molecule has 5 heteroatoms. The standard InChI is InChI=1S/C9H21O4P.CH4/c1-4-7-11-14(10,12-8-5-2)13-9-6-3;/h4-9H2,1-3H3;1H4. The molecule has 94 valence electrons. The Morgan fingerprint density at radius 2 is 1.07 bits per heavy atom. The predicted octanol–water partition coefficient (Wildman–Crippen LogP) is 4.01. The van der Waals surface area contributed by atoms with E-state index in [0.717, 1.165) is 19.3 Å². The number of rotatable bonds is 9. The van der Waals surface area contributed by atoms with Crippen molar-refractivity contribution in [2.75, 3.05) is 19.8 Å². The highest BCUT2D eigenvalue weighted by molar-refractivity contribution is 7.48. The summed E-state index contributed by atoms with van der Waals surface area (Å²) in [6, 6.07) is 0. The average molecular weight is 240 g/mol. The van der Waals surface area contributed by atoms with Gasteiger partial charge >= 0.3 is 7.82 Å². The molecule has 15 heavy (non-hydrogen) atoms. The van der Waals surface area contributed by atoms with Crippen LogP contribution in [0.5, 0.6) is 0 Å². The summed E-state index contributed by atoms with van der Waals surface area (Å²) in [5.74, 6) is 0. The van der Waals surface area contributed by atoms with Crippen LogP contribution in [0.15, 0.2) is 0 Å². The maximum atomic E-state index is 11.8. The lowest BCUT2D eigenvalue weighted by molar-refractivity contribution is 0.113. The van der Waals surface area contributed by atoms with Crippen LogP contribution >= 0.6 is 7.82 Å². The molecule has 0 atom stereocenters. The second-order valence-corrected chi connectivity index (χ2v) is 4.62. The molecule has 0 saturated heterocycles. The average Bonchev–Trinajstić information content (AvgIpc) is 2.21. The van der Waals surface area contributed by atoms with Gasteiger partial charge < -0.3 is 0 Å². The highest BCUT2D eigenvalue weighted by Crippen LogP contribution is 2.49. The minimum atomic E-state index is -3.27. The third kappa shape index (κ3) is 9.06. The maximum Gasteiger partial charge on any atom is 0.474 e. The quantitative estimate of drug-likeness (QED) is 0.571. The molecule has 0 aromatic carbocycles. The van der Waals surface area contributed by atoms with E-state index in [4.69, 9.17) is 13.6 Å². The first kappa shape index (κ1) is 17.5. The van der Waals surface area contributed by atoms with Gasteiger partial charge in [0.05, 0.1) is 19.8 Å². The molecule has 0 heterocycles. The monoisotopic (exact) mass is 240 g/mol. The van der Waals surface area contributed by atoms with Gasteiger partial charge in [0.15, 0.2) is 0 Å². The Labute approximate surface area is 93.9 Å². The summed E-state index contributed by atoms with van der Waals surface area (Å²) in [6.07, 6.45) is 2.40. The molecule has 0 bridgehead atoms. The topological polar surface area (TPSA) is 44.8 Å². The Kier molecular flexibility index (Phi) is 12.4. The zero-order valence-electron chi connectivity index (χ0n) is 9.32. The van der Waals surface area contributed by atoms with E-state index in [-0.39, 0.29) is 7.43 Å².